The van der Waals surface area contributed by atoms with E-state index in [0.29, 0.717) is 49.7 Å². The van der Waals surface area contributed by atoms with Crippen LogP contribution in [0.4, 0.5) is 0 Å². The number of hydrogen-bond donors (Lipinski definition) is 5. The van der Waals surface area contributed by atoms with Crippen LogP contribution in [0.2, 0.25) is 0 Å². The van der Waals surface area contributed by atoms with E-state index in [2.05, 4.69) is 90.6 Å². The number of ether oxygens (including phenoxy) is 3. The molecule has 0 aromatic heterocycles. The van der Waals surface area contributed by atoms with Gasteiger partial charge in [-0.3, -0.25) is 47.9 Å². The van der Waals surface area contributed by atoms with Crippen molar-refractivity contribution < 1.29 is 76.9 Å². The maximum absolute atomic E-state index is 13.9. The summed E-state index contributed by atoms with van der Waals surface area (Å²) in [6.07, 6.45) is 15.2. The summed E-state index contributed by atoms with van der Waals surface area (Å²) in [6, 6.07) is 27.6. The van der Waals surface area contributed by atoms with E-state index in [4.69, 9.17) is 14.2 Å². The largest absolute Gasteiger partial charge is 0.480 e. The average Bonchev–Trinajstić information content (AvgIpc) is 0.842. The van der Waals surface area contributed by atoms with Crippen LogP contribution in [0.1, 0.15) is 296 Å². The summed E-state index contributed by atoms with van der Waals surface area (Å²) in [7, 11) is 1.26. The summed E-state index contributed by atoms with van der Waals surface area (Å²) in [5.74, 6) is -9.16. The molecule has 8 atom stereocenters. The van der Waals surface area contributed by atoms with Gasteiger partial charge in [-0.1, -0.05) is 230 Å². The van der Waals surface area contributed by atoms with Crippen LogP contribution in [0, 0.1) is 23.7 Å². The van der Waals surface area contributed by atoms with Crippen molar-refractivity contribution in [3.8, 4) is 22.3 Å². The molecule has 0 fully saturated rings. The normalized spacial score (nSPS) is 13.6. The molecule has 4 amide bonds. The number of rotatable bonds is 50. The predicted molar refractivity (Wildman–Crippen MR) is 428 cm³/mol. The monoisotopic (exact) mass is 1510 g/mol. The Bertz CT molecular complexity index is 3500. The van der Waals surface area contributed by atoms with Crippen molar-refractivity contribution in [2.24, 2.45) is 23.7 Å². The van der Waals surface area contributed by atoms with Crippen LogP contribution in [-0.2, 0) is 75.0 Å². The van der Waals surface area contributed by atoms with Gasteiger partial charge in [0.25, 0.3) is 0 Å². The molecule has 0 saturated carbocycles. The smallest absolute Gasteiger partial charge is 0.328 e. The lowest BCUT2D eigenvalue weighted by atomic mass is 9.90. The molecular formula is C89H130N4O16. The first-order valence-electron chi connectivity index (χ1n) is 40.2. The highest BCUT2D eigenvalue weighted by molar-refractivity contribution is 6.01. The second kappa shape index (κ2) is 50.2. The minimum absolute atomic E-state index is 0.0359. The first-order valence-corrected chi connectivity index (χ1v) is 40.2. The van der Waals surface area contributed by atoms with Gasteiger partial charge in [0.2, 0.25) is 23.6 Å². The number of aliphatic carboxylic acids is 1. The van der Waals surface area contributed by atoms with Crippen molar-refractivity contribution in [2.75, 3.05) is 7.11 Å². The molecule has 0 bridgehead atoms. The number of unbranched alkanes of at least 4 members (excludes halogenated alkanes) is 8. The molecule has 0 aliphatic carbocycles. The summed E-state index contributed by atoms with van der Waals surface area (Å²) in [6.45, 7) is 25.9. The van der Waals surface area contributed by atoms with E-state index in [0.717, 1.165) is 106 Å². The molecule has 109 heavy (non-hydrogen) atoms. The fourth-order valence-electron chi connectivity index (χ4n) is 12.5. The fourth-order valence-corrected chi connectivity index (χ4v) is 12.5. The fraction of sp³-hybridized carbons (Fsp3) is 0.596. The summed E-state index contributed by atoms with van der Waals surface area (Å²) in [5.41, 5.74) is 6.19. The van der Waals surface area contributed by atoms with Gasteiger partial charge in [0.1, 0.15) is 23.3 Å². The minimum Gasteiger partial charge on any atom is -0.480 e. The number of carbonyl (C=O) groups is 12. The van der Waals surface area contributed by atoms with Gasteiger partial charge in [0.05, 0.1) is 19.2 Å². The Morgan fingerprint density at radius 2 is 0.679 bits per heavy atom. The van der Waals surface area contributed by atoms with Gasteiger partial charge in [-0.25, -0.2) is 9.59 Å². The third-order valence-electron chi connectivity index (χ3n) is 19.1. The number of nitrogens with one attached hydrogen (secondary N) is 4. The van der Waals surface area contributed by atoms with E-state index in [1.165, 1.54) is 25.2 Å². The number of carboxylic acid groups (broad SMARTS) is 1. The molecule has 4 aromatic rings. The molecule has 602 valence electrons. The average molecular weight is 1510 g/mol. The Kier molecular flexibility index (Phi) is 43.5. The van der Waals surface area contributed by atoms with E-state index in [9.17, 15) is 62.6 Å². The van der Waals surface area contributed by atoms with Crippen LogP contribution in [0.15, 0.2) is 97.1 Å². The number of carbonyl (C=O) groups excluding carboxylic acids is 11. The molecule has 4 rings (SSSR count). The molecule has 0 heterocycles. The number of carboxylic acids is 1. The first-order chi connectivity index (χ1) is 51.7. The lowest BCUT2D eigenvalue weighted by Gasteiger charge is -2.24. The third-order valence-corrected chi connectivity index (χ3v) is 19.1. The zero-order chi connectivity index (χ0) is 81.2. The summed E-state index contributed by atoms with van der Waals surface area (Å²) >= 11 is 0. The number of benzene rings is 4. The SMILES string of the molecule is CCCCC[C@H](CC(=O)c1ccc(-c2ccc(CCCC)cc2)cc1)C(=O)N[C@@H](CCC(=O)OC(C)(C)C)C(=O)C[C@@H](C)C(=O)N[C@@H](CCCC)C(=O)O.CCCCC[C@H](CC(=O)c1ccc(-c2ccc(CCCC)cc2)cc1)C(=O)N[C@@H](CCC(=O)OC(C)(C)C)C(=O)C[C@@H](C)C(=O)N[C@@H](CCCC)C(=O)OC. The van der Waals surface area contributed by atoms with E-state index in [1.807, 2.05) is 45.0 Å². The lowest BCUT2D eigenvalue weighted by molar-refractivity contribution is -0.156. The zero-order valence-corrected chi connectivity index (χ0v) is 68.2. The Morgan fingerprint density at radius 3 is 0.991 bits per heavy atom. The van der Waals surface area contributed by atoms with Crippen molar-refractivity contribution >= 4 is 70.6 Å². The summed E-state index contributed by atoms with van der Waals surface area (Å²) in [4.78, 5) is 158. The Labute approximate surface area is 650 Å². The van der Waals surface area contributed by atoms with Crippen LogP contribution in [0.5, 0.6) is 0 Å². The van der Waals surface area contributed by atoms with E-state index >= 15 is 0 Å². The van der Waals surface area contributed by atoms with E-state index < -0.39 is 118 Å². The van der Waals surface area contributed by atoms with Crippen molar-refractivity contribution in [1.82, 2.24) is 21.3 Å². The molecule has 0 saturated heterocycles. The van der Waals surface area contributed by atoms with Crippen LogP contribution < -0.4 is 21.3 Å². The van der Waals surface area contributed by atoms with Gasteiger partial charge >= 0.3 is 23.9 Å². The second-order valence-corrected chi connectivity index (χ2v) is 31.2. The van der Waals surface area contributed by atoms with E-state index in [-0.39, 0.29) is 69.4 Å². The zero-order valence-electron chi connectivity index (χ0n) is 68.2. The number of ketones is 4. The van der Waals surface area contributed by atoms with Crippen molar-refractivity contribution in [2.45, 2.75) is 312 Å². The summed E-state index contributed by atoms with van der Waals surface area (Å²) < 4.78 is 15.7. The highest BCUT2D eigenvalue weighted by Gasteiger charge is 2.34. The number of aryl methyl sites for hydroxylation is 2. The van der Waals surface area contributed by atoms with Crippen LogP contribution in [0.3, 0.4) is 0 Å². The standard InChI is InChI=1S/C45H66N2O8.C44H64N2O8/c1-9-12-15-17-36(30-39(48)35-25-23-34(24-26-35)33-21-19-32(20-22-33)16-13-10-2)43(52)46-37(27-28-41(50)55-45(5,6)7)40(49)29-31(4)42(51)47-38(18-14-11-3)44(53)54-8;1-8-11-14-16-35(29-38(47)34-24-22-33(23-25-34)32-20-18-31(19-21-32)15-12-9-2)42(51)45-36(26-27-40(49)54-44(5,6)7)39(48)28-30(4)41(50)46-37(43(52)53)17-13-10-3/h19-26,31,36-38H,9-18,27-30H2,1-8H3,(H,46,52)(H,47,51);18-25,30,35-37H,8-17,26-29H2,1-7H3,(H,45,51)(H,46,50)(H,52,53)/t31-,36-,37+,38+;30-,35-,36+,37+/m11/s1. The Morgan fingerprint density at radius 1 is 0.367 bits per heavy atom. The van der Waals surface area contributed by atoms with Gasteiger partial charge in [0, 0.05) is 73.3 Å². The van der Waals surface area contributed by atoms with Crippen LogP contribution >= 0.6 is 0 Å². The van der Waals surface area contributed by atoms with Gasteiger partial charge in [-0.2, -0.15) is 0 Å². The summed E-state index contributed by atoms with van der Waals surface area (Å²) in [5, 5.41) is 20.5. The maximum atomic E-state index is 13.9. The molecule has 5 N–H and O–H groups in total. The molecule has 0 aliphatic rings. The Balaban J connectivity index is 0.000000565. The first kappa shape index (κ1) is 94.5. The van der Waals surface area contributed by atoms with Crippen molar-refractivity contribution in [3.63, 3.8) is 0 Å². The molecule has 20 heteroatoms. The minimum atomic E-state index is -1.15. The molecule has 0 unspecified atom stereocenters. The third kappa shape index (κ3) is 37.1. The molecule has 20 nitrogen and oxygen atoms in total. The number of Topliss-reactive ketones (excluding diaryl/α,β-unsaturated/α-hetero) is 4. The number of amides is 4. The lowest BCUT2D eigenvalue weighted by Crippen LogP contribution is -2.47. The van der Waals surface area contributed by atoms with Crippen molar-refractivity contribution in [3.05, 3.63) is 119 Å². The maximum Gasteiger partial charge on any atom is 0.328 e. The highest BCUT2D eigenvalue weighted by Crippen LogP contribution is 2.28. The number of hydrogen-bond acceptors (Lipinski definition) is 15. The molecular weight excluding hydrogens is 1380 g/mol. The van der Waals surface area contributed by atoms with Gasteiger partial charge in [-0.15, -0.1) is 0 Å². The number of methoxy groups -OCH3 is 1. The van der Waals surface area contributed by atoms with Gasteiger partial charge in [-0.05, 0) is 139 Å². The quantitative estimate of drug-likeness (QED) is 0.0119. The molecule has 0 aliphatic heterocycles. The molecule has 0 radical (unpaired) electrons. The Hall–Kier alpha value is -8.68. The van der Waals surface area contributed by atoms with Gasteiger partial charge in [0.15, 0.2) is 23.1 Å². The highest BCUT2D eigenvalue weighted by atomic mass is 16.6. The van der Waals surface area contributed by atoms with Crippen LogP contribution in [0.25, 0.3) is 22.3 Å². The van der Waals surface area contributed by atoms with E-state index in [1.54, 1.807) is 72.7 Å². The van der Waals surface area contributed by atoms with Crippen molar-refractivity contribution in [1.29, 1.82) is 0 Å². The number of esters is 3. The van der Waals surface area contributed by atoms with Crippen LogP contribution in [-0.4, -0.2) is 118 Å². The van der Waals surface area contributed by atoms with Gasteiger partial charge < -0.3 is 40.6 Å². The topological polar surface area (TPSA) is 301 Å². The molecule has 0 spiro atoms. The predicted octanol–water partition coefficient (Wildman–Crippen LogP) is 16.9. The second-order valence-electron chi connectivity index (χ2n) is 31.2. The molecule has 4 aromatic carbocycles.